The van der Waals surface area contributed by atoms with Gasteiger partial charge < -0.3 is 5.11 Å². The van der Waals surface area contributed by atoms with E-state index >= 15 is 0 Å². The van der Waals surface area contributed by atoms with Crippen LogP contribution in [0.15, 0.2) is 94.3 Å². The molecule has 3 aromatic carbocycles. The molecule has 0 saturated heterocycles. The monoisotopic (exact) mass is 403 g/mol. The number of hydrogen-bond acceptors (Lipinski definition) is 4. The molecule has 0 radical (unpaired) electrons. The Morgan fingerprint density at radius 1 is 0.966 bits per heavy atom. The largest absolute Gasteiger partial charge is 0.508 e. The number of halogens is 1. The fourth-order valence-electron chi connectivity index (χ4n) is 2.85. The standard InChI is InChI=1S/C23H18FN3OS/c24-21-12-5-4-11-20(21)22-16-29-23(25-14-17-7-2-1-3-8-17)27(22)26-15-18-9-6-10-19(28)13-18/h1-13,15-16,28H,14H2. The lowest BCUT2D eigenvalue weighted by atomic mass is 10.1. The zero-order valence-corrected chi connectivity index (χ0v) is 16.3. The van der Waals surface area contributed by atoms with Crippen molar-refractivity contribution in [1.29, 1.82) is 0 Å². The lowest BCUT2D eigenvalue weighted by Gasteiger charge is -2.05. The van der Waals surface area contributed by atoms with Crippen LogP contribution in [0, 0.1) is 5.82 Å². The second-order valence-electron chi connectivity index (χ2n) is 6.34. The van der Waals surface area contributed by atoms with Crippen LogP contribution in [0.1, 0.15) is 11.1 Å². The van der Waals surface area contributed by atoms with E-state index in [0.29, 0.717) is 22.6 Å². The number of phenolic OH excluding ortho intramolecular Hbond substituents is 1. The van der Waals surface area contributed by atoms with E-state index in [1.165, 1.54) is 17.4 Å². The van der Waals surface area contributed by atoms with Crippen molar-refractivity contribution < 1.29 is 9.50 Å². The highest BCUT2D eigenvalue weighted by atomic mass is 32.1. The molecule has 6 heteroatoms. The Kier molecular flexibility index (Phi) is 5.63. The van der Waals surface area contributed by atoms with Crippen LogP contribution >= 0.6 is 11.3 Å². The van der Waals surface area contributed by atoms with E-state index in [-0.39, 0.29) is 11.6 Å². The summed E-state index contributed by atoms with van der Waals surface area (Å²) in [5, 5.41) is 16.1. The highest BCUT2D eigenvalue weighted by Gasteiger charge is 2.11. The second-order valence-corrected chi connectivity index (χ2v) is 7.17. The molecule has 1 N–H and O–H groups in total. The number of aromatic nitrogens is 1. The molecule has 4 aromatic rings. The average Bonchev–Trinajstić information content (AvgIpc) is 3.14. The predicted molar refractivity (Wildman–Crippen MR) is 115 cm³/mol. The van der Waals surface area contributed by atoms with Gasteiger partial charge in [-0.25, -0.2) is 9.07 Å². The summed E-state index contributed by atoms with van der Waals surface area (Å²) in [6.45, 7) is 0.500. The maximum absolute atomic E-state index is 14.4. The van der Waals surface area contributed by atoms with Gasteiger partial charge in [-0.05, 0) is 35.4 Å². The molecule has 0 unspecified atom stereocenters. The van der Waals surface area contributed by atoms with Gasteiger partial charge in [0.1, 0.15) is 11.6 Å². The highest BCUT2D eigenvalue weighted by Crippen LogP contribution is 2.23. The van der Waals surface area contributed by atoms with Crippen molar-refractivity contribution in [3.05, 3.63) is 106 Å². The first-order valence-electron chi connectivity index (χ1n) is 9.04. The predicted octanol–water partition coefficient (Wildman–Crippen LogP) is 5.04. The van der Waals surface area contributed by atoms with Crippen LogP contribution in [0.2, 0.25) is 0 Å². The van der Waals surface area contributed by atoms with Gasteiger partial charge in [-0.1, -0.05) is 54.6 Å². The molecule has 1 aromatic heterocycles. The molecule has 0 spiro atoms. The SMILES string of the molecule is Oc1cccc(C=Nn2c(-c3ccccc3F)csc2=NCc2ccccc2)c1. The zero-order valence-electron chi connectivity index (χ0n) is 15.4. The van der Waals surface area contributed by atoms with Crippen molar-refractivity contribution in [2.45, 2.75) is 6.54 Å². The third kappa shape index (κ3) is 4.50. The maximum atomic E-state index is 14.4. The first-order chi connectivity index (χ1) is 14.2. The molecule has 0 aliphatic carbocycles. The smallest absolute Gasteiger partial charge is 0.206 e. The molecular formula is C23H18FN3OS. The third-order valence-electron chi connectivity index (χ3n) is 4.27. The summed E-state index contributed by atoms with van der Waals surface area (Å²) in [5.74, 6) is -0.159. The molecule has 1 heterocycles. The molecule has 0 bridgehead atoms. The number of aromatic hydroxyl groups is 1. The van der Waals surface area contributed by atoms with Gasteiger partial charge in [0.2, 0.25) is 4.80 Å². The van der Waals surface area contributed by atoms with Gasteiger partial charge in [0.05, 0.1) is 18.5 Å². The molecule has 0 amide bonds. The molecule has 0 fully saturated rings. The lowest BCUT2D eigenvalue weighted by Crippen LogP contribution is -2.12. The Balaban J connectivity index is 1.78. The quantitative estimate of drug-likeness (QED) is 0.466. The Hall–Kier alpha value is -3.51. The van der Waals surface area contributed by atoms with Gasteiger partial charge in [0.15, 0.2) is 0 Å². The van der Waals surface area contributed by atoms with Crippen LogP contribution in [0.3, 0.4) is 0 Å². The maximum Gasteiger partial charge on any atom is 0.206 e. The summed E-state index contributed by atoms with van der Waals surface area (Å²) in [6.07, 6.45) is 1.62. The van der Waals surface area contributed by atoms with Crippen molar-refractivity contribution in [1.82, 2.24) is 4.68 Å². The average molecular weight is 403 g/mol. The van der Waals surface area contributed by atoms with E-state index in [1.54, 1.807) is 47.3 Å². The minimum atomic E-state index is -0.318. The van der Waals surface area contributed by atoms with Crippen LogP contribution in [0.5, 0.6) is 5.75 Å². The molecule has 4 nitrogen and oxygen atoms in total. The number of nitrogens with zero attached hydrogens (tertiary/aromatic N) is 3. The van der Waals surface area contributed by atoms with E-state index in [4.69, 9.17) is 0 Å². The fourth-order valence-corrected chi connectivity index (χ4v) is 3.67. The summed E-state index contributed by atoms with van der Waals surface area (Å²) < 4.78 is 16.0. The minimum Gasteiger partial charge on any atom is -0.508 e. The van der Waals surface area contributed by atoms with Crippen molar-refractivity contribution >= 4 is 17.6 Å². The van der Waals surface area contributed by atoms with Crippen LogP contribution in [-0.4, -0.2) is 16.0 Å². The van der Waals surface area contributed by atoms with Gasteiger partial charge in [0, 0.05) is 10.9 Å². The van der Waals surface area contributed by atoms with Crippen molar-refractivity contribution in [3.63, 3.8) is 0 Å². The fraction of sp³-hybridized carbons (Fsp3) is 0.0435. The summed E-state index contributed by atoms with van der Waals surface area (Å²) in [7, 11) is 0. The van der Waals surface area contributed by atoms with E-state index in [0.717, 1.165) is 11.1 Å². The molecule has 0 saturated carbocycles. The Morgan fingerprint density at radius 2 is 1.76 bits per heavy atom. The molecule has 0 aliphatic heterocycles. The Bertz CT molecular complexity index is 1210. The van der Waals surface area contributed by atoms with Crippen LogP contribution in [0.4, 0.5) is 4.39 Å². The van der Waals surface area contributed by atoms with Crippen molar-refractivity contribution in [3.8, 4) is 17.0 Å². The van der Waals surface area contributed by atoms with Gasteiger partial charge >= 0.3 is 0 Å². The number of benzene rings is 3. The van der Waals surface area contributed by atoms with Crippen LogP contribution < -0.4 is 4.80 Å². The first kappa shape index (κ1) is 18.8. The zero-order chi connectivity index (χ0) is 20.1. The van der Waals surface area contributed by atoms with Gasteiger partial charge in [-0.3, -0.25) is 4.99 Å². The Morgan fingerprint density at radius 3 is 2.55 bits per heavy atom. The number of hydrogen-bond donors (Lipinski definition) is 1. The van der Waals surface area contributed by atoms with Crippen LogP contribution in [0.25, 0.3) is 11.3 Å². The molecular weight excluding hydrogens is 385 g/mol. The highest BCUT2D eigenvalue weighted by molar-refractivity contribution is 7.07. The summed E-state index contributed by atoms with van der Waals surface area (Å²) >= 11 is 1.40. The van der Waals surface area contributed by atoms with Crippen molar-refractivity contribution in [2.75, 3.05) is 0 Å². The van der Waals surface area contributed by atoms with Gasteiger partial charge in [-0.15, -0.1) is 11.3 Å². The summed E-state index contributed by atoms with van der Waals surface area (Å²) in [6, 6.07) is 23.3. The van der Waals surface area contributed by atoms with Crippen LogP contribution in [-0.2, 0) is 6.54 Å². The molecule has 29 heavy (non-hydrogen) atoms. The van der Waals surface area contributed by atoms with E-state index in [2.05, 4.69) is 10.1 Å². The first-order valence-corrected chi connectivity index (χ1v) is 9.92. The van der Waals surface area contributed by atoms with E-state index < -0.39 is 0 Å². The van der Waals surface area contributed by atoms with Crippen molar-refractivity contribution in [2.24, 2.45) is 10.1 Å². The van der Waals surface area contributed by atoms with E-state index in [1.807, 2.05) is 41.8 Å². The topological polar surface area (TPSA) is 49.9 Å². The summed E-state index contributed by atoms with van der Waals surface area (Å²) in [4.78, 5) is 5.33. The molecule has 144 valence electrons. The Labute approximate surface area is 171 Å². The van der Waals surface area contributed by atoms with Gasteiger partial charge in [-0.2, -0.15) is 5.10 Å². The molecule has 4 rings (SSSR count). The number of rotatable bonds is 5. The lowest BCUT2D eigenvalue weighted by molar-refractivity contribution is 0.475. The second kappa shape index (κ2) is 8.67. The van der Waals surface area contributed by atoms with E-state index in [9.17, 15) is 9.50 Å². The number of thiazole rings is 1. The molecule has 0 atom stereocenters. The minimum absolute atomic E-state index is 0.160. The summed E-state index contributed by atoms with van der Waals surface area (Å²) in [5.41, 5.74) is 2.89. The number of phenols is 1. The normalized spacial score (nSPS) is 12.0. The van der Waals surface area contributed by atoms with Gasteiger partial charge in [0.25, 0.3) is 0 Å². The molecule has 0 aliphatic rings. The third-order valence-corrected chi connectivity index (χ3v) is 5.12.